The second-order valence-corrected chi connectivity index (χ2v) is 7.39. The van der Waals surface area contributed by atoms with Crippen LogP contribution in [0.25, 0.3) is 0 Å². The maximum atomic E-state index is 13.0. The smallest absolute Gasteiger partial charge is 0.338 e. The lowest BCUT2D eigenvalue weighted by Gasteiger charge is -2.38. The number of hydrogen-bond donors (Lipinski definition) is 1. The van der Waals surface area contributed by atoms with Crippen LogP contribution in [0.5, 0.6) is 17.2 Å². The summed E-state index contributed by atoms with van der Waals surface area (Å²) in [5.41, 5.74) is 2.71. The Morgan fingerprint density at radius 3 is 2.68 bits per heavy atom. The summed E-state index contributed by atoms with van der Waals surface area (Å²) < 4.78 is 22.3. The first kappa shape index (κ1) is 21.0. The van der Waals surface area contributed by atoms with Crippen LogP contribution in [0.3, 0.4) is 0 Å². The molecule has 0 aliphatic carbocycles. The Morgan fingerprint density at radius 2 is 1.94 bits per heavy atom. The molecule has 0 saturated carbocycles. The predicted molar refractivity (Wildman–Crippen MR) is 121 cm³/mol. The van der Waals surface area contributed by atoms with E-state index in [2.05, 4.69) is 5.32 Å². The molecular weight excluding hydrogens is 416 g/mol. The zero-order valence-corrected chi connectivity index (χ0v) is 18.5. The van der Waals surface area contributed by atoms with Crippen molar-refractivity contribution in [2.24, 2.45) is 0 Å². The van der Waals surface area contributed by atoms with Crippen LogP contribution in [0, 0.1) is 0 Å². The molecule has 2 aromatic rings. The summed E-state index contributed by atoms with van der Waals surface area (Å²) in [6, 6.07) is 12.6. The Morgan fingerprint density at radius 1 is 1.19 bits per heavy atom. The fourth-order valence-corrected chi connectivity index (χ4v) is 4.20. The highest BCUT2D eigenvalue weighted by Gasteiger charge is 2.37. The van der Waals surface area contributed by atoms with Gasteiger partial charge in [0.1, 0.15) is 19.0 Å². The third-order valence-corrected chi connectivity index (χ3v) is 5.51. The van der Waals surface area contributed by atoms with Gasteiger partial charge in [-0.3, -0.25) is 4.90 Å². The number of allylic oxidation sites excluding steroid dienone is 1. The fourth-order valence-electron chi connectivity index (χ4n) is 3.84. The molecule has 0 bridgehead atoms. The van der Waals surface area contributed by atoms with Crippen LogP contribution < -0.4 is 24.4 Å². The number of nitrogens with one attached hydrogen (secondary N) is 1. The van der Waals surface area contributed by atoms with E-state index in [0.717, 1.165) is 11.3 Å². The Hall–Kier alpha value is -3.26. The summed E-state index contributed by atoms with van der Waals surface area (Å²) in [5, 5.41) is 3.76. The lowest BCUT2D eigenvalue weighted by molar-refractivity contribution is -0.139. The number of benzene rings is 2. The average molecular weight is 441 g/mol. The van der Waals surface area contributed by atoms with E-state index in [1.54, 1.807) is 14.0 Å². The number of thiocarbonyl (C=S) groups is 1. The number of carbonyl (C=O) groups is 1. The minimum atomic E-state index is -0.504. The monoisotopic (exact) mass is 440 g/mol. The number of esters is 1. The molecule has 0 radical (unpaired) electrons. The second kappa shape index (κ2) is 8.85. The van der Waals surface area contributed by atoms with Crippen molar-refractivity contribution in [2.75, 3.05) is 31.8 Å². The maximum absolute atomic E-state index is 13.0. The van der Waals surface area contributed by atoms with Gasteiger partial charge in [0.2, 0.25) is 0 Å². The van der Waals surface area contributed by atoms with Crippen molar-refractivity contribution in [1.82, 2.24) is 5.32 Å². The van der Waals surface area contributed by atoms with E-state index in [4.69, 9.17) is 31.2 Å². The quantitative estimate of drug-likeness (QED) is 0.557. The first-order valence-electron chi connectivity index (χ1n) is 10.1. The largest absolute Gasteiger partial charge is 0.496 e. The molecule has 162 valence electrons. The van der Waals surface area contributed by atoms with E-state index >= 15 is 0 Å². The van der Waals surface area contributed by atoms with Crippen LogP contribution in [0.2, 0.25) is 0 Å². The highest BCUT2D eigenvalue weighted by Crippen LogP contribution is 2.40. The molecule has 2 aliphatic rings. The van der Waals surface area contributed by atoms with E-state index < -0.39 is 12.0 Å². The number of fused-ring (bicyclic) bond motifs is 1. The van der Waals surface area contributed by atoms with Crippen LogP contribution in [0.1, 0.15) is 25.5 Å². The van der Waals surface area contributed by atoms with E-state index in [1.807, 2.05) is 54.3 Å². The van der Waals surface area contributed by atoms with Gasteiger partial charge in [-0.2, -0.15) is 0 Å². The standard InChI is InChI=1S/C23H24N2O5S/c1-4-28-22(26)20-14(2)25(15-9-10-18-19(13-15)30-12-11-29-18)23(31)24-21(20)16-7-5-6-8-17(16)27-3/h5-10,13,21H,4,11-12H2,1-3H3,(H,24,31)/t21-/m0/s1. The summed E-state index contributed by atoms with van der Waals surface area (Å²) in [5.74, 6) is 1.58. The third-order valence-electron chi connectivity index (χ3n) is 5.21. The normalized spacial score (nSPS) is 17.8. The summed E-state index contributed by atoms with van der Waals surface area (Å²) in [6.07, 6.45) is 0. The fraction of sp³-hybridized carbons (Fsp3) is 0.304. The molecule has 0 aromatic heterocycles. The number of para-hydroxylation sites is 1. The van der Waals surface area contributed by atoms with Crippen LogP contribution in [-0.2, 0) is 9.53 Å². The number of methoxy groups -OCH3 is 1. The first-order valence-corrected chi connectivity index (χ1v) is 10.5. The van der Waals surface area contributed by atoms with Crippen LogP contribution >= 0.6 is 12.2 Å². The van der Waals surface area contributed by atoms with Gasteiger partial charge in [-0.15, -0.1) is 0 Å². The van der Waals surface area contributed by atoms with Crippen LogP contribution in [-0.4, -0.2) is 38.0 Å². The summed E-state index contributed by atoms with van der Waals surface area (Å²) in [4.78, 5) is 14.8. The van der Waals surface area contributed by atoms with Gasteiger partial charge in [-0.25, -0.2) is 4.79 Å². The zero-order chi connectivity index (χ0) is 22.0. The minimum Gasteiger partial charge on any atom is -0.496 e. The molecule has 8 heteroatoms. The molecule has 31 heavy (non-hydrogen) atoms. The summed E-state index contributed by atoms with van der Waals surface area (Å²) in [6.45, 7) is 4.91. The Balaban J connectivity index is 1.82. The molecule has 2 heterocycles. The molecule has 2 aromatic carbocycles. The van der Waals surface area contributed by atoms with Gasteiger partial charge >= 0.3 is 5.97 Å². The molecule has 0 saturated heterocycles. The molecule has 1 atom stereocenters. The first-order chi connectivity index (χ1) is 15.0. The molecule has 1 N–H and O–H groups in total. The Labute approximate surface area is 186 Å². The van der Waals surface area contributed by atoms with Gasteiger partial charge in [0.15, 0.2) is 16.6 Å². The summed E-state index contributed by atoms with van der Waals surface area (Å²) >= 11 is 5.72. The molecule has 7 nitrogen and oxygen atoms in total. The minimum absolute atomic E-state index is 0.267. The SMILES string of the molecule is CCOC(=O)C1=C(C)N(c2ccc3c(c2)OCCO3)C(=S)N[C@H]1c1ccccc1OC. The Bertz CT molecular complexity index is 1050. The molecular formula is C23H24N2O5S. The number of hydrogen-bond acceptors (Lipinski definition) is 6. The van der Waals surface area contributed by atoms with Crippen molar-refractivity contribution in [3.63, 3.8) is 0 Å². The molecule has 0 spiro atoms. The van der Waals surface area contributed by atoms with Crippen molar-refractivity contribution in [3.05, 3.63) is 59.3 Å². The van der Waals surface area contributed by atoms with Gasteiger partial charge < -0.3 is 24.3 Å². The van der Waals surface area contributed by atoms with E-state index in [1.165, 1.54) is 0 Å². The number of ether oxygens (including phenoxy) is 4. The zero-order valence-electron chi connectivity index (χ0n) is 17.6. The van der Waals surface area contributed by atoms with Crippen molar-refractivity contribution in [1.29, 1.82) is 0 Å². The van der Waals surface area contributed by atoms with Gasteiger partial charge in [-0.1, -0.05) is 18.2 Å². The number of nitrogens with zero attached hydrogens (tertiary/aromatic N) is 1. The number of rotatable bonds is 5. The lowest BCUT2D eigenvalue weighted by atomic mass is 9.94. The second-order valence-electron chi connectivity index (χ2n) is 7.01. The highest BCUT2D eigenvalue weighted by molar-refractivity contribution is 7.80. The Kier molecular flexibility index (Phi) is 5.99. The van der Waals surface area contributed by atoms with Crippen LogP contribution in [0.4, 0.5) is 5.69 Å². The van der Waals surface area contributed by atoms with Crippen molar-refractivity contribution in [2.45, 2.75) is 19.9 Å². The molecule has 4 rings (SSSR count). The molecule has 0 unspecified atom stereocenters. The van der Waals surface area contributed by atoms with E-state index in [0.29, 0.717) is 46.8 Å². The predicted octanol–water partition coefficient (Wildman–Crippen LogP) is 3.74. The van der Waals surface area contributed by atoms with Gasteiger partial charge in [0, 0.05) is 17.3 Å². The summed E-state index contributed by atoms with van der Waals surface area (Å²) in [7, 11) is 1.60. The van der Waals surface area contributed by atoms with Gasteiger partial charge in [0.25, 0.3) is 0 Å². The third kappa shape index (κ3) is 3.90. The molecule has 0 fully saturated rings. The number of anilines is 1. The topological polar surface area (TPSA) is 69.3 Å². The molecule has 0 amide bonds. The highest BCUT2D eigenvalue weighted by atomic mass is 32.1. The van der Waals surface area contributed by atoms with E-state index in [9.17, 15) is 4.79 Å². The van der Waals surface area contributed by atoms with Crippen molar-refractivity contribution in [3.8, 4) is 17.2 Å². The average Bonchev–Trinajstić information content (AvgIpc) is 2.78. The molecule has 2 aliphatic heterocycles. The van der Waals surface area contributed by atoms with Crippen molar-refractivity contribution >= 4 is 29.0 Å². The number of carbonyl (C=O) groups excluding carboxylic acids is 1. The maximum Gasteiger partial charge on any atom is 0.338 e. The van der Waals surface area contributed by atoms with Crippen LogP contribution in [0.15, 0.2) is 53.7 Å². The van der Waals surface area contributed by atoms with E-state index in [-0.39, 0.29) is 6.61 Å². The van der Waals surface area contributed by atoms with Crippen molar-refractivity contribution < 1.29 is 23.7 Å². The van der Waals surface area contributed by atoms with Gasteiger partial charge in [0.05, 0.1) is 31.0 Å². The lowest BCUT2D eigenvalue weighted by Crippen LogP contribution is -2.48. The van der Waals surface area contributed by atoms with Gasteiger partial charge in [-0.05, 0) is 44.3 Å².